The van der Waals surface area contributed by atoms with Crippen molar-refractivity contribution in [3.63, 3.8) is 0 Å². The third kappa shape index (κ3) is 4.53. The number of ether oxygens (including phenoxy) is 2. The molecule has 0 aliphatic carbocycles. The summed E-state index contributed by atoms with van der Waals surface area (Å²) in [4.78, 5) is 8.96. The van der Waals surface area contributed by atoms with E-state index in [9.17, 15) is 8.42 Å². The first-order chi connectivity index (χ1) is 15.0. The summed E-state index contributed by atoms with van der Waals surface area (Å²) in [6, 6.07) is 14.2. The minimum Gasteiger partial charge on any atom is -0.495 e. The molecule has 0 saturated carbocycles. The van der Waals surface area contributed by atoms with Gasteiger partial charge in [0.25, 0.3) is 0 Å². The lowest BCUT2D eigenvalue weighted by molar-refractivity contribution is -0.00495. The van der Waals surface area contributed by atoms with E-state index in [0.29, 0.717) is 11.4 Å². The summed E-state index contributed by atoms with van der Waals surface area (Å²) in [5.74, 6) is 1.09. The maximum Gasteiger partial charge on any atom is 0.246 e. The van der Waals surface area contributed by atoms with E-state index in [2.05, 4.69) is 15.3 Å². The Morgan fingerprint density at radius 2 is 1.97 bits per heavy atom. The molecule has 1 atom stereocenters. The molecule has 8 nitrogen and oxygen atoms in total. The van der Waals surface area contributed by atoms with Gasteiger partial charge >= 0.3 is 0 Å². The van der Waals surface area contributed by atoms with Crippen molar-refractivity contribution in [2.75, 3.05) is 32.1 Å². The molecule has 1 aliphatic heterocycles. The van der Waals surface area contributed by atoms with Gasteiger partial charge in [0.05, 0.1) is 31.3 Å². The van der Waals surface area contributed by atoms with Crippen molar-refractivity contribution in [2.24, 2.45) is 0 Å². The molecule has 2 aromatic heterocycles. The molecule has 0 bridgehead atoms. The topological polar surface area (TPSA) is 93.7 Å². The van der Waals surface area contributed by atoms with Gasteiger partial charge < -0.3 is 14.8 Å². The molecular formula is C22H24N4O4S. The van der Waals surface area contributed by atoms with Gasteiger partial charge in [0.1, 0.15) is 22.6 Å². The number of nitrogens with one attached hydrogen (secondary N) is 1. The van der Waals surface area contributed by atoms with Gasteiger partial charge in [0.15, 0.2) is 0 Å². The van der Waals surface area contributed by atoms with E-state index < -0.39 is 16.1 Å². The molecule has 0 spiro atoms. The van der Waals surface area contributed by atoms with Crippen LogP contribution in [0, 0.1) is 6.92 Å². The van der Waals surface area contributed by atoms with Crippen LogP contribution < -0.4 is 10.1 Å². The van der Waals surface area contributed by atoms with Gasteiger partial charge in [0.2, 0.25) is 10.0 Å². The number of anilines is 2. The molecule has 31 heavy (non-hydrogen) atoms. The number of benzene rings is 1. The Kier molecular flexibility index (Phi) is 6.17. The molecule has 162 valence electrons. The van der Waals surface area contributed by atoms with E-state index in [1.807, 2.05) is 31.2 Å². The number of aromatic nitrogens is 2. The molecule has 4 rings (SSSR count). The Morgan fingerprint density at radius 3 is 2.71 bits per heavy atom. The average molecular weight is 441 g/mol. The zero-order valence-electron chi connectivity index (χ0n) is 17.4. The molecule has 0 unspecified atom stereocenters. The number of hydrogen-bond donors (Lipinski definition) is 1. The number of sulfonamides is 1. The van der Waals surface area contributed by atoms with Gasteiger partial charge in [0, 0.05) is 19.3 Å². The smallest absolute Gasteiger partial charge is 0.246 e. The van der Waals surface area contributed by atoms with Gasteiger partial charge in [-0.25, -0.2) is 13.4 Å². The Morgan fingerprint density at radius 1 is 1.13 bits per heavy atom. The molecule has 3 aromatic rings. The predicted molar refractivity (Wildman–Crippen MR) is 117 cm³/mol. The van der Waals surface area contributed by atoms with Crippen LogP contribution in [0.15, 0.2) is 65.8 Å². The van der Waals surface area contributed by atoms with E-state index >= 15 is 0 Å². The molecule has 0 amide bonds. The van der Waals surface area contributed by atoms with Crippen molar-refractivity contribution in [3.8, 4) is 5.75 Å². The Bertz CT molecular complexity index is 1150. The lowest BCUT2D eigenvalue weighted by Crippen LogP contribution is -2.42. The van der Waals surface area contributed by atoms with Crippen LogP contribution in [0.25, 0.3) is 0 Å². The van der Waals surface area contributed by atoms with Crippen LogP contribution in [0.3, 0.4) is 0 Å². The van der Waals surface area contributed by atoms with Gasteiger partial charge in [-0.2, -0.15) is 4.31 Å². The second kappa shape index (κ2) is 9.01. The molecule has 1 fully saturated rings. The summed E-state index contributed by atoms with van der Waals surface area (Å²) >= 11 is 0. The van der Waals surface area contributed by atoms with Gasteiger partial charge in [-0.15, -0.1) is 0 Å². The Hall–Kier alpha value is -3.01. The molecule has 9 heteroatoms. The first-order valence-corrected chi connectivity index (χ1v) is 11.3. The summed E-state index contributed by atoms with van der Waals surface area (Å²) in [6.45, 7) is 2.71. The molecular weight excluding hydrogens is 416 g/mol. The minimum absolute atomic E-state index is 0.149. The van der Waals surface area contributed by atoms with Crippen LogP contribution >= 0.6 is 0 Å². The van der Waals surface area contributed by atoms with Crippen LogP contribution in [-0.2, 0) is 14.8 Å². The zero-order valence-corrected chi connectivity index (χ0v) is 18.2. The van der Waals surface area contributed by atoms with E-state index in [0.717, 1.165) is 17.1 Å². The van der Waals surface area contributed by atoms with E-state index in [4.69, 9.17) is 9.47 Å². The zero-order chi connectivity index (χ0) is 21.8. The van der Waals surface area contributed by atoms with Crippen molar-refractivity contribution in [2.45, 2.75) is 17.9 Å². The lowest BCUT2D eigenvalue weighted by atomic mass is 10.2. The SMILES string of the molecule is COc1ccccc1S(=O)(=O)N1CCO[C@@H](c2ccc(Nc3ncccc3C)cn2)C1. The Labute approximate surface area is 181 Å². The number of nitrogens with zero attached hydrogens (tertiary/aromatic N) is 3. The van der Waals surface area contributed by atoms with Gasteiger partial charge in [-0.05, 0) is 42.8 Å². The number of morpholine rings is 1. The maximum absolute atomic E-state index is 13.2. The molecule has 1 aromatic carbocycles. The van der Waals surface area contributed by atoms with Crippen molar-refractivity contribution in [1.29, 1.82) is 0 Å². The molecule has 1 N–H and O–H groups in total. The maximum atomic E-state index is 13.2. The molecule has 3 heterocycles. The van der Waals surface area contributed by atoms with Crippen molar-refractivity contribution >= 4 is 21.5 Å². The number of para-hydroxylation sites is 1. The van der Waals surface area contributed by atoms with E-state index in [-0.39, 0.29) is 24.6 Å². The third-order valence-electron chi connectivity index (χ3n) is 5.10. The number of pyridine rings is 2. The van der Waals surface area contributed by atoms with Crippen LogP contribution in [0.2, 0.25) is 0 Å². The standard InChI is InChI=1S/C22H24N4O4S/c1-16-6-5-11-23-22(16)25-17-9-10-18(24-14-17)20-15-26(12-13-30-20)31(27,28)21-8-4-3-7-19(21)29-2/h3-11,14,20H,12-13,15H2,1-2H3,(H,23,25)/t20-/m1/s1. The first-order valence-electron chi connectivity index (χ1n) is 9.88. The quantitative estimate of drug-likeness (QED) is 0.629. The summed E-state index contributed by atoms with van der Waals surface area (Å²) in [5.41, 5.74) is 2.49. The first kappa shape index (κ1) is 21.2. The van der Waals surface area contributed by atoms with E-state index in [1.54, 1.807) is 36.7 Å². The number of aryl methyl sites for hydroxylation is 1. The predicted octanol–water partition coefficient (Wildman–Crippen LogP) is 3.30. The number of hydrogen-bond acceptors (Lipinski definition) is 7. The molecule has 1 aliphatic rings. The summed E-state index contributed by atoms with van der Waals surface area (Å²) in [5, 5.41) is 3.23. The lowest BCUT2D eigenvalue weighted by Gasteiger charge is -2.32. The van der Waals surface area contributed by atoms with E-state index in [1.165, 1.54) is 11.4 Å². The van der Waals surface area contributed by atoms with Crippen LogP contribution in [-0.4, -0.2) is 49.5 Å². The summed E-state index contributed by atoms with van der Waals surface area (Å²) < 4.78 is 38.9. The average Bonchev–Trinajstić information content (AvgIpc) is 2.81. The summed E-state index contributed by atoms with van der Waals surface area (Å²) in [6.07, 6.45) is 2.97. The van der Waals surface area contributed by atoms with Crippen molar-refractivity contribution in [1.82, 2.24) is 14.3 Å². The molecule has 0 radical (unpaired) electrons. The summed E-state index contributed by atoms with van der Waals surface area (Å²) in [7, 11) is -2.26. The normalized spacial score (nSPS) is 17.3. The fraction of sp³-hybridized carbons (Fsp3) is 0.273. The highest BCUT2D eigenvalue weighted by molar-refractivity contribution is 7.89. The van der Waals surface area contributed by atoms with Gasteiger partial charge in [-0.3, -0.25) is 4.98 Å². The van der Waals surface area contributed by atoms with Gasteiger partial charge in [-0.1, -0.05) is 18.2 Å². The highest BCUT2D eigenvalue weighted by Crippen LogP contribution is 2.30. The van der Waals surface area contributed by atoms with Crippen molar-refractivity contribution in [3.05, 3.63) is 72.2 Å². The van der Waals surface area contributed by atoms with Crippen LogP contribution in [0.1, 0.15) is 17.4 Å². The van der Waals surface area contributed by atoms with Crippen LogP contribution in [0.5, 0.6) is 5.75 Å². The van der Waals surface area contributed by atoms with Crippen LogP contribution in [0.4, 0.5) is 11.5 Å². The minimum atomic E-state index is -3.72. The highest BCUT2D eigenvalue weighted by atomic mass is 32.2. The fourth-order valence-corrected chi connectivity index (χ4v) is 5.00. The monoisotopic (exact) mass is 440 g/mol. The largest absolute Gasteiger partial charge is 0.495 e. The highest BCUT2D eigenvalue weighted by Gasteiger charge is 2.33. The second-order valence-corrected chi connectivity index (χ2v) is 9.05. The van der Waals surface area contributed by atoms with Crippen molar-refractivity contribution < 1.29 is 17.9 Å². The Balaban J connectivity index is 1.50. The second-order valence-electron chi connectivity index (χ2n) is 7.14. The number of rotatable bonds is 6. The molecule has 1 saturated heterocycles. The fourth-order valence-electron chi connectivity index (χ4n) is 3.42. The third-order valence-corrected chi connectivity index (χ3v) is 7.01. The number of methoxy groups -OCH3 is 1.